The number of halogens is 3. The topological polar surface area (TPSA) is 307 Å². The first-order valence-electron chi connectivity index (χ1n) is 25.2. The number of hydrogen-bond acceptors (Lipinski definition) is 15. The number of aryl methyl sites for hydroxylation is 7. The van der Waals surface area contributed by atoms with E-state index in [-0.39, 0.29) is 45.2 Å². The van der Waals surface area contributed by atoms with Crippen molar-refractivity contribution in [1.82, 2.24) is 49.7 Å². The predicted octanol–water partition coefficient (Wildman–Crippen LogP) is 11.2. The molecule has 2 aromatic carbocycles. The van der Waals surface area contributed by atoms with Crippen LogP contribution in [-0.2, 0) is 62.0 Å². The van der Waals surface area contributed by atoms with Gasteiger partial charge < -0.3 is 32.4 Å². The largest absolute Gasteiger partial charge is 0.442 e. The van der Waals surface area contributed by atoms with Crippen LogP contribution in [0.25, 0.3) is 0 Å². The van der Waals surface area contributed by atoms with Crippen molar-refractivity contribution in [3.05, 3.63) is 157 Å². The Kier molecular flexibility index (Phi) is 23.7. The summed E-state index contributed by atoms with van der Waals surface area (Å²) in [5, 5.41) is 16.1. The number of nitrogens with zero attached hydrogens (tertiary/aromatic N) is 9. The van der Waals surface area contributed by atoms with Gasteiger partial charge in [0.1, 0.15) is 28.7 Å². The average Bonchev–Trinajstić information content (AvgIpc) is 4.34. The molecule has 0 unspecified atom stereocenters. The van der Waals surface area contributed by atoms with Gasteiger partial charge >= 0.3 is 12.2 Å². The summed E-state index contributed by atoms with van der Waals surface area (Å²) in [6, 6.07) is 21.1. The molecular formula is C58H79Cl3N14O6. The molecule has 0 bridgehead atoms. The van der Waals surface area contributed by atoms with Crippen molar-refractivity contribution >= 4 is 70.4 Å². The van der Waals surface area contributed by atoms with E-state index in [2.05, 4.69) is 46.4 Å². The number of primary amides is 2. The summed E-state index contributed by atoms with van der Waals surface area (Å²) in [5.41, 5.74) is 29.3. The van der Waals surface area contributed by atoms with Crippen LogP contribution < -0.4 is 22.9 Å². The van der Waals surface area contributed by atoms with E-state index in [1.54, 1.807) is 73.7 Å². The maximum atomic E-state index is 12.0. The summed E-state index contributed by atoms with van der Waals surface area (Å²) in [6.45, 7) is 16.2. The van der Waals surface area contributed by atoms with Crippen molar-refractivity contribution in [3.8, 4) is 0 Å². The number of benzene rings is 2. The smallest absolute Gasteiger partial charge is 0.437 e. The summed E-state index contributed by atoms with van der Waals surface area (Å²) in [6.07, 6.45) is 8.68. The minimum Gasteiger partial charge on any atom is -0.442 e. The molecule has 438 valence electrons. The molecule has 5 aromatic heterocycles. The number of ether oxygens (including phenoxy) is 2. The van der Waals surface area contributed by atoms with E-state index in [1.165, 1.54) is 6.20 Å². The number of nitrogens with two attached hydrogens (primary N) is 4. The number of rotatable bonds is 12. The Labute approximate surface area is 490 Å². The minimum absolute atomic E-state index is 0. The quantitative estimate of drug-likeness (QED) is 0.0710. The molecule has 0 atom stereocenters. The zero-order valence-electron chi connectivity index (χ0n) is 45.3. The van der Waals surface area contributed by atoms with Crippen molar-refractivity contribution in [3.63, 3.8) is 0 Å². The monoisotopic (exact) mass is 1170 g/mol. The van der Waals surface area contributed by atoms with Crippen LogP contribution in [0.3, 0.4) is 0 Å². The molecule has 7 aromatic rings. The van der Waals surface area contributed by atoms with Gasteiger partial charge in [-0.25, -0.2) is 29.5 Å². The molecule has 2 aliphatic carbocycles. The molecule has 0 aliphatic heterocycles. The fourth-order valence-electron chi connectivity index (χ4n) is 8.41. The highest BCUT2D eigenvalue weighted by molar-refractivity contribution is 6.32. The molecule has 9 rings (SSSR count). The van der Waals surface area contributed by atoms with Crippen LogP contribution in [0.2, 0.25) is 15.3 Å². The van der Waals surface area contributed by atoms with Gasteiger partial charge in [-0.3, -0.25) is 14.7 Å². The Morgan fingerprint density at radius 1 is 0.642 bits per heavy atom. The van der Waals surface area contributed by atoms with Gasteiger partial charge in [-0.1, -0.05) is 94.0 Å². The number of amides is 2. The number of nitrogen functional groups attached to an aromatic ring is 2. The van der Waals surface area contributed by atoms with Gasteiger partial charge in [-0.15, -0.1) is 9.78 Å². The van der Waals surface area contributed by atoms with E-state index in [0.29, 0.717) is 58.0 Å². The molecule has 2 amide bonds. The Morgan fingerprint density at radius 3 is 1.52 bits per heavy atom. The Morgan fingerprint density at radius 2 is 1.11 bits per heavy atom. The number of hydrogen-bond donors (Lipinski definition) is 5. The lowest BCUT2D eigenvalue weighted by molar-refractivity contribution is -0.121. The van der Waals surface area contributed by atoms with E-state index < -0.39 is 34.2 Å². The second-order valence-corrected chi connectivity index (χ2v) is 22.3. The number of aromatic nitrogens is 10. The molecule has 0 radical (unpaired) electrons. The number of carbonyl (C=O) groups is 4. The molecule has 2 saturated carbocycles. The van der Waals surface area contributed by atoms with Gasteiger partial charge in [0.05, 0.1) is 56.3 Å². The zero-order valence-corrected chi connectivity index (χ0v) is 47.6. The van der Waals surface area contributed by atoms with E-state index in [9.17, 15) is 19.2 Å². The van der Waals surface area contributed by atoms with Crippen molar-refractivity contribution in [1.29, 1.82) is 0 Å². The standard InChI is InChI=1S/C21H22ClN5O.C16H15Cl2N3O.2C9H15N3O2.3CH4/c1-13-10-15(27-26-13)11-19-24-12-17(22)18(25-19)7-6-14-4-2-3-5-16(14)21(8-9-21)20(23)28;17-12-9-20-15(18)21-13(12)6-5-10-3-1-2-4-11(10)16(7-8-16)14(19)22;1-6-5-7(10)11-12(6)8(13)14-9(2,3)4;1-6-5-7(10)12(11-6)8(13)14-9(2,3)4;;;/h2-5,10,12H,6-9,11H2,1H3,(H2,23,28)(H,26,27);1-4,9H,5-8H2,(H2,19,22);5H,1-4H3,(H2,10,11);5H,10H2,1-4H3;3*1H4. The van der Waals surface area contributed by atoms with E-state index in [0.717, 1.165) is 87.2 Å². The molecule has 23 heteroatoms. The van der Waals surface area contributed by atoms with Gasteiger partial charge in [0.25, 0.3) is 0 Å². The van der Waals surface area contributed by atoms with Gasteiger partial charge in [-0.05, 0) is 154 Å². The Balaban J connectivity index is 0.000000292. The fourth-order valence-corrected chi connectivity index (χ4v) is 8.93. The Hall–Kier alpha value is -7.42. The number of carbonyl (C=O) groups excluding carboxylic acids is 4. The van der Waals surface area contributed by atoms with Crippen LogP contribution in [0.5, 0.6) is 0 Å². The summed E-state index contributed by atoms with van der Waals surface area (Å²) in [4.78, 5) is 63.7. The van der Waals surface area contributed by atoms with Crippen molar-refractivity contribution < 1.29 is 28.7 Å². The third kappa shape index (κ3) is 18.6. The van der Waals surface area contributed by atoms with Gasteiger partial charge in [-0.2, -0.15) is 14.9 Å². The lowest BCUT2D eigenvalue weighted by Crippen LogP contribution is -2.29. The highest BCUT2D eigenvalue weighted by Gasteiger charge is 2.51. The molecular weight excluding hydrogens is 1100 g/mol. The van der Waals surface area contributed by atoms with Gasteiger partial charge in [0.2, 0.25) is 17.1 Å². The second kappa shape index (κ2) is 28.3. The van der Waals surface area contributed by atoms with Crippen LogP contribution >= 0.6 is 34.8 Å². The predicted molar refractivity (Wildman–Crippen MR) is 319 cm³/mol. The van der Waals surface area contributed by atoms with Gasteiger partial charge in [0, 0.05) is 29.7 Å². The second-order valence-electron chi connectivity index (χ2n) is 21.1. The first-order valence-corrected chi connectivity index (χ1v) is 26.3. The normalized spacial score (nSPS) is 13.3. The third-order valence-electron chi connectivity index (χ3n) is 12.4. The molecule has 5 heterocycles. The molecule has 9 N–H and O–H groups in total. The Bertz CT molecular complexity index is 3210. The average molecular weight is 1170 g/mol. The van der Waals surface area contributed by atoms with Crippen molar-refractivity contribution in [2.24, 2.45) is 11.5 Å². The number of aromatic amines is 1. The SMILES string of the molecule is C.C.C.Cc1cc(Cc2ncc(Cl)c(CCc3ccccc3C3(C(N)=O)CC3)n2)n[nH]1.Cc1cc(N)n(C(=O)OC(C)(C)C)n1.Cc1cc(N)nn1C(=O)OC(C)(C)C.NC(=O)C1(c2ccccc2CCc2nc(Cl)ncc2Cl)CC1. The summed E-state index contributed by atoms with van der Waals surface area (Å²) >= 11 is 18.3. The number of H-pyrrole nitrogens is 1. The molecule has 2 fully saturated rings. The highest BCUT2D eigenvalue weighted by atomic mass is 35.5. The van der Waals surface area contributed by atoms with Crippen LogP contribution in [0.1, 0.15) is 152 Å². The lowest BCUT2D eigenvalue weighted by Gasteiger charge is -2.19. The van der Waals surface area contributed by atoms with E-state index in [1.807, 2.05) is 55.5 Å². The third-order valence-corrected chi connectivity index (χ3v) is 13.2. The first-order chi connectivity index (χ1) is 36.6. The van der Waals surface area contributed by atoms with Crippen LogP contribution in [0, 0.1) is 20.8 Å². The highest BCUT2D eigenvalue weighted by Crippen LogP contribution is 2.50. The molecule has 0 saturated heterocycles. The molecule has 81 heavy (non-hydrogen) atoms. The first kappa shape index (κ1) is 67.9. The van der Waals surface area contributed by atoms with Crippen LogP contribution in [0.4, 0.5) is 21.2 Å². The lowest BCUT2D eigenvalue weighted by atomic mass is 9.88. The van der Waals surface area contributed by atoms with Gasteiger partial charge in [0.15, 0.2) is 0 Å². The molecule has 20 nitrogen and oxygen atoms in total. The summed E-state index contributed by atoms with van der Waals surface area (Å²) in [5.74, 6) is 0.805. The number of anilines is 2. The van der Waals surface area contributed by atoms with Crippen molar-refractivity contribution in [2.75, 3.05) is 11.5 Å². The summed E-state index contributed by atoms with van der Waals surface area (Å²) < 4.78 is 12.4. The van der Waals surface area contributed by atoms with Crippen LogP contribution in [-0.4, -0.2) is 84.9 Å². The maximum Gasteiger partial charge on any atom is 0.437 e. The zero-order chi connectivity index (χ0) is 57.3. The summed E-state index contributed by atoms with van der Waals surface area (Å²) in [7, 11) is 0. The van der Waals surface area contributed by atoms with Crippen molar-refractivity contribution in [2.45, 2.75) is 164 Å². The fraction of sp³-hybridized carbons (Fsp3) is 0.431. The molecule has 0 spiro atoms. The van der Waals surface area contributed by atoms with E-state index in [4.69, 9.17) is 67.2 Å². The van der Waals surface area contributed by atoms with E-state index >= 15 is 0 Å². The number of nitrogens with one attached hydrogen (secondary N) is 1. The maximum absolute atomic E-state index is 12.0. The van der Waals surface area contributed by atoms with Crippen LogP contribution in [0.15, 0.2) is 79.1 Å². The molecule has 2 aliphatic rings. The minimum atomic E-state index is -0.553.